The molecule has 0 N–H and O–H groups in total. The Morgan fingerprint density at radius 1 is 1.12 bits per heavy atom. The zero-order valence-corrected chi connectivity index (χ0v) is 8.22. The Morgan fingerprint density at radius 2 is 1.25 bits per heavy atom. The van der Waals surface area contributed by atoms with Crippen LogP contribution in [0.1, 0.15) is 20.8 Å². The molecule has 0 bridgehead atoms. The van der Waals surface area contributed by atoms with E-state index in [9.17, 15) is 0 Å². The average Bonchev–Trinajstić information content (AvgIpc) is 1.25. The van der Waals surface area contributed by atoms with Gasteiger partial charge in [-0.1, -0.05) is 33.9 Å². The first kappa shape index (κ1) is 8.57. The van der Waals surface area contributed by atoms with Gasteiger partial charge in [0, 0.05) is 0 Å². The zero-order valence-electron chi connectivity index (χ0n) is 6.41. The van der Waals surface area contributed by atoms with E-state index in [1.54, 1.807) is 0 Å². The Balaban J connectivity index is 4.02. The minimum atomic E-state index is -1.28. The SMILES string of the molecule is CC(C)(C)[Si](C)(C)[S]. The first-order valence-electron chi connectivity index (χ1n) is 2.95. The van der Waals surface area contributed by atoms with Gasteiger partial charge >= 0.3 is 0 Å². The summed E-state index contributed by atoms with van der Waals surface area (Å²) in [6.45, 7) is 11.1. The van der Waals surface area contributed by atoms with E-state index in [-0.39, 0.29) is 0 Å². The van der Waals surface area contributed by atoms with Crippen LogP contribution in [0.25, 0.3) is 0 Å². The van der Waals surface area contributed by atoms with Crippen LogP contribution < -0.4 is 0 Å². The fraction of sp³-hybridized carbons (Fsp3) is 1.00. The lowest BCUT2D eigenvalue weighted by Crippen LogP contribution is -2.30. The van der Waals surface area contributed by atoms with E-state index in [4.69, 9.17) is 12.1 Å². The van der Waals surface area contributed by atoms with Gasteiger partial charge in [-0.3, -0.25) is 0 Å². The maximum atomic E-state index is 5.36. The lowest BCUT2D eigenvalue weighted by molar-refractivity contribution is 0.737. The van der Waals surface area contributed by atoms with Crippen molar-refractivity contribution in [3.8, 4) is 0 Å². The standard InChI is InChI=1S/C6H15SSi/c1-6(2,3)8(4,5)7/h1-5H3. The van der Waals surface area contributed by atoms with Crippen LogP contribution in [0.5, 0.6) is 0 Å². The lowest BCUT2D eigenvalue weighted by Gasteiger charge is -2.30. The largest absolute Gasteiger partial charge is 0.129 e. The fourth-order valence-electron chi connectivity index (χ4n) is 0. The molecule has 0 heterocycles. The third-order valence-electron chi connectivity index (χ3n) is 1.81. The van der Waals surface area contributed by atoms with Crippen molar-refractivity contribution in [2.75, 3.05) is 0 Å². The quantitative estimate of drug-likeness (QED) is 0.462. The van der Waals surface area contributed by atoms with Crippen LogP contribution in [0, 0.1) is 0 Å². The van der Waals surface area contributed by atoms with Gasteiger partial charge in [0.2, 0.25) is 0 Å². The van der Waals surface area contributed by atoms with E-state index in [0.29, 0.717) is 5.04 Å². The van der Waals surface area contributed by atoms with Crippen molar-refractivity contribution in [3.63, 3.8) is 0 Å². The van der Waals surface area contributed by atoms with Crippen molar-refractivity contribution < 1.29 is 0 Å². The molecule has 1 radical (unpaired) electrons. The summed E-state index contributed by atoms with van der Waals surface area (Å²) in [6.07, 6.45) is 0. The second-order valence-corrected chi connectivity index (χ2v) is 11.3. The summed E-state index contributed by atoms with van der Waals surface area (Å²) >= 11 is 5.36. The number of hydrogen-bond donors (Lipinski definition) is 0. The maximum Gasteiger partial charge on any atom is 0.129 e. The third-order valence-corrected chi connectivity index (χ3v) is 7.26. The van der Waals surface area contributed by atoms with Gasteiger partial charge in [0.25, 0.3) is 0 Å². The highest BCUT2D eigenvalue weighted by Gasteiger charge is 2.31. The molecule has 0 rings (SSSR count). The van der Waals surface area contributed by atoms with Crippen molar-refractivity contribution in [1.82, 2.24) is 0 Å². The molecule has 0 amide bonds. The molecule has 0 aliphatic rings. The van der Waals surface area contributed by atoms with Crippen molar-refractivity contribution in [1.29, 1.82) is 0 Å². The monoisotopic (exact) mass is 147 g/mol. The highest BCUT2D eigenvalue weighted by Crippen LogP contribution is 2.37. The Kier molecular flexibility index (Phi) is 2.21. The van der Waals surface area contributed by atoms with Crippen LogP contribution in [0.4, 0.5) is 0 Å². The topological polar surface area (TPSA) is 0 Å². The van der Waals surface area contributed by atoms with Gasteiger partial charge in [-0.25, -0.2) is 0 Å². The molecule has 0 aromatic carbocycles. The van der Waals surface area contributed by atoms with E-state index < -0.39 is 7.22 Å². The first-order chi connectivity index (χ1) is 3.25. The van der Waals surface area contributed by atoms with Gasteiger partial charge in [0.15, 0.2) is 0 Å². The zero-order chi connectivity index (χ0) is 7.00. The van der Waals surface area contributed by atoms with Crippen LogP contribution in [0.15, 0.2) is 0 Å². The highest BCUT2D eigenvalue weighted by atomic mass is 32.3. The van der Waals surface area contributed by atoms with Crippen molar-refractivity contribution in [2.24, 2.45) is 0 Å². The fourth-order valence-corrected chi connectivity index (χ4v) is 0. The molecule has 0 spiro atoms. The van der Waals surface area contributed by atoms with E-state index in [0.717, 1.165) is 0 Å². The van der Waals surface area contributed by atoms with Gasteiger partial charge in [-0.15, -0.1) is 12.1 Å². The van der Waals surface area contributed by atoms with Crippen LogP contribution >= 0.6 is 12.1 Å². The minimum absolute atomic E-state index is 0.391. The van der Waals surface area contributed by atoms with Crippen molar-refractivity contribution in [2.45, 2.75) is 38.9 Å². The Morgan fingerprint density at radius 3 is 1.25 bits per heavy atom. The molecule has 8 heavy (non-hydrogen) atoms. The highest BCUT2D eigenvalue weighted by molar-refractivity contribution is 8.14. The normalized spacial score (nSPS) is 14.2. The smallest absolute Gasteiger partial charge is 0.127 e. The molecular formula is C6H15SSi. The molecule has 0 aliphatic carbocycles. The summed E-state index contributed by atoms with van der Waals surface area (Å²) in [5, 5.41) is 0.391. The molecule has 49 valence electrons. The molecule has 0 saturated heterocycles. The summed E-state index contributed by atoms with van der Waals surface area (Å²) < 4.78 is 0. The summed E-state index contributed by atoms with van der Waals surface area (Å²) in [5.41, 5.74) is 0. The van der Waals surface area contributed by atoms with E-state index in [1.165, 1.54) is 0 Å². The average molecular weight is 147 g/mol. The Labute approximate surface area is 58.7 Å². The van der Waals surface area contributed by atoms with E-state index in [2.05, 4.69) is 33.9 Å². The molecule has 2 heteroatoms. The van der Waals surface area contributed by atoms with Crippen LogP contribution in [-0.4, -0.2) is 7.22 Å². The molecule has 0 unspecified atom stereocenters. The Hall–Kier alpha value is 0.567. The second kappa shape index (κ2) is 2.07. The van der Waals surface area contributed by atoms with Crippen LogP contribution in [0.2, 0.25) is 18.1 Å². The first-order valence-corrected chi connectivity index (χ1v) is 7.09. The molecule has 0 aromatic rings. The van der Waals surface area contributed by atoms with Gasteiger partial charge in [-0.2, -0.15) is 0 Å². The van der Waals surface area contributed by atoms with Crippen molar-refractivity contribution >= 4 is 19.3 Å². The van der Waals surface area contributed by atoms with E-state index >= 15 is 0 Å². The van der Waals surface area contributed by atoms with Gasteiger partial charge in [0.1, 0.15) is 7.22 Å². The molecule has 0 saturated carbocycles. The van der Waals surface area contributed by atoms with Gasteiger partial charge in [-0.05, 0) is 5.04 Å². The lowest BCUT2D eigenvalue weighted by atomic mass is 10.2. The van der Waals surface area contributed by atoms with Crippen LogP contribution in [-0.2, 0) is 0 Å². The third kappa shape index (κ3) is 2.22. The number of rotatable bonds is 0. The predicted octanol–water partition coefficient (Wildman–Crippen LogP) is 3.19. The predicted molar refractivity (Wildman–Crippen MR) is 44.8 cm³/mol. The molecule has 0 aliphatic heterocycles. The number of hydrogen-bond acceptors (Lipinski definition) is 0. The van der Waals surface area contributed by atoms with Gasteiger partial charge in [0.05, 0.1) is 0 Å². The second-order valence-electron chi connectivity index (χ2n) is 3.76. The maximum absolute atomic E-state index is 5.36. The summed E-state index contributed by atoms with van der Waals surface area (Å²) in [6, 6.07) is 0. The van der Waals surface area contributed by atoms with Crippen LogP contribution in [0.3, 0.4) is 0 Å². The van der Waals surface area contributed by atoms with Gasteiger partial charge < -0.3 is 0 Å². The summed E-state index contributed by atoms with van der Waals surface area (Å²) in [4.78, 5) is 0. The minimum Gasteiger partial charge on any atom is -0.127 e. The Bertz CT molecular complexity index is 63.5. The molecule has 0 fully saturated rings. The molecule has 0 atom stereocenters. The summed E-state index contributed by atoms with van der Waals surface area (Å²) in [5.74, 6) is 0. The molecule has 0 nitrogen and oxygen atoms in total. The van der Waals surface area contributed by atoms with E-state index in [1.807, 2.05) is 0 Å². The van der Waals surface area contributed by atoms with Crippen molar-refractivity contribution in [3.05, 3.63) is 0 Å². The summed E-state index contributed by atoms with van der Waals surface area (Å²) in [7, 11) is -1.28. The molecular weight excluding hydrogens is 132 g/mol. The molecule has 0 aromatic heterocycles.